The molecule has 120 valence electrons. The fourth-order valence-corrected chi connectivity index (χ4v) is 3.20. The highest BCUT2D eigenvalue weighted by Gasteiger charge is 2.10. The Bertz CT molecular complexity index is 1060. The summed E-state index contributed by atoms with van der Waals surface area (Å²) in [5, 5.41) is 15.2. The molecule has 25 heavy (non-hydrogen) atoms. The highest BCUT2D eigenvalue weighted by Crippen LogP contribution is 2.24. The average Bonchev–Trinajstić information content (AvgIpc) is 3.14. The molecule has 0 saturated carbocycles. The molecule has 0 bridgehead atoms. The molecular formula is C20H14N4S. The van der Waals surface area contributed by atoms with Crippen molar-refractivity contribution in [3.05, 3.63) is 78.4 Å². The maximum Gasteiger partial charge on any atom is 0.215 e. The number of fused-ring (bicyclic) bond motifs is 1. The molecule has 0 spiro atoms. The number of hydrogen-bond donors (Lipinski definition) is 0. The van der Waals surface area contributed by atoms with E-state index >= 15 is 0 Å². The van der Waals surface area contributed by atoms with Crippen LogP contribution in [0.3, 0.4) is 0 Å². The Morgan fingerprint density at radius 3 is 2.60 bits per heavy atom. The van der Waals surface area contributed by atoms with E-state index in [1.807, 2.05) is 54.6 Å². The molecule has 5 heteroatoms. The van der Waals surface area contributed by atoms with Crippen molar-refractivity contribution in [1.29, 1.82) is 0 Å². The second-order valence-electron chi connectivity index (χ2n) is 5.33. The van der Waals surface area contributed by atoms with Gasteiger partial charge in [0, 0.05) is 10.9 Å². The molecule has 0 atom stereocenters. The van der Waals surface area contributed by atoms with Crippen LogP contribution in [0.5, 0.6) is 0 Å². The lowest BCUT2D eigenvalue weighted by atomic mass is 10.1. The Labute approximate surface area is 149 Å². The summed E-state index contributed by atoms with van der Waals surface area (Å²) in [5.74, 6) is 6.93. The fraction of sp³-hybridized carbons (Fsp3) is 0.0500. The van der Waals surface area contributed by atoms with E-state index in [-0.39, 0.29) is 0 Å². The van der Waals surface area contributed by atoms with Crippen molar-refractivity contribution in [3.8, 4) is 17.5 Å². The van der Waals surface area contributed by atoms with Crippen molar-refractivity contribution in [3.63, 3.8) is 0 Å². The quantitative estimate of drug-likeness (QED) is 0.417. The van der Waals surface area contributed by atoms with Crippen molar-refractivity contribution in [1.82, 2.24) is 20.2 Å². The van der Waals surface area contributed by atoms with Crippen LogP contribution in [0.15, 0.2) is 78.0 Å². The van der Waals surface area contributed by atoms with Gasteiger partial charge in [-0.1, -0.05) is 78.2 Å². The van der Waals surface area contributed by atoms with Crippen molar-refractivity contribution < 1.29 is 0 Å². The Hall–Kier alpha value is -3.10. The summed E-state index contributed by atoms with van der Waals surface area (Å²) in [5.41, 5.74) is 1.98. The van der Waals surface area contributed by atoms with E-state index in [0.717, 1.165) is 27.2 Å². The van der Waals surface area contributed by atoms with Crippen molar-refractivity contribution in [2.24, 2.45) is 0 Å². The summed E-state index contributed by atoms with van der Waals surface area (Å²) in [6.07, 6.45) is 0. The molecule has 0 amide bonds. The standard InChI is InChI=1S/C20H14N4S/c1-2-8-16(9-3-1)10-7-15-25-20-21-22-23-24(20)19-14-6-12-17-11-4-5-13-18(17)19/h1-6,8-9,11-14H,15H2. The summed E-state index contributed by atoms with van der Waals surface area (Å²) in [6.45, 7) is 0. The fourth-order valence-electron chi connectivity index (χ4n) is 2.57. The highest BCUT2D eigenvalue weighted by molar-refractivity contribution is 7.99. The number of hydrogen-bond acceptors (Lipinski definition) is 4. The second-order valence-corrected chi connectivity index (χ2v) is 6.27. The van der Waals surface area contributed by atoms with Crippen LogP contribution in [0.4, 0.5) is 0 Å². The number of nitrogens with zero attached hydrogens (tertiary/aromatic N) is 4. The number of benzene rings is 3. The Morgan fingerprint density at radius 2 is 1.68 bits per heavy atom. The SMILES string of the molecule is C(#Cc1ccccc1)CSc1nnnn1-c1cccc2ccccc12. The third kappa shape index (κ3) is 3.39. The molecule has 3 aromatic carbocycles. The van der Waals surface area contributed by atoms with Crippen LogP contribution in [-0.4, -0.2) is 26.0 Å². The minimum Gasteiger partial charge on any atom is -0.187 e. The van der Waals surface area contributed by atoms with Crippen molar-refractivity contribution in [2.75, 3.05) is 5.75 Å². The zero-order valence-electron chi connectivity index (χ0n) is 13.3. The summed E-state index contributed by atoms with van der Waals surface area (Å²) in [4.78, 5) is 0. The average molecular weight is 342 g/mol. The van der Waals surface area contributed by atoms with Gasteiger partial charge in [-0.15, -0.1) is 5.10 Å². The largest absolute Gasteiger partial charge is 0.215 e. The van der Waals surface area contributed by atoms with Crippen LogP contribution in [0.1, 0.15) is 5.56 Å². The molecule has 4 aromatic rings. The molecular weight excluding hydrogens is 328 g/mol. The van der Waals surface area contributed by atoms with E-state index in [1.165, 1.54) is 11.8 Å². The van der Waals surface area contributed by atoms with Gasteiger partial charge < -0.3 is 0 Å². The predicted molar refractivity (Wildman–Crippen MR) is 101 cm³/mol. The lowest BCUT2D eigenvalue weighted by Gasteiger charge is -2.07. The lowest BCUT2D eigenvalue weighted by molar-refractivity contribution is 0.761. The first-order valence-corrected chi connectivity index (χ1v) is 8.83. The van der Waals surface area contributed by atoms with E-state index in [2.05, 4.69) is 45.6 Å². The summed E-state index contributed by atoms with van der Waals surface area (Å²) >= 11 is 1.53. The molecule has 0 radical (unpaired) electrons. The van der Waals surface area contributed by atoms with Gasteiger partial charge in [0.25, 0.3) is 0 Å². The summed E-state index contributed by atoms with van der Waals surface area (Å²) in [6, 6.07) is 24.3. The Kier molecular flexibility index (Phi) is 4.44. The van der Waals surface area contributed by atoms with Gasteiger partial charge >= 0.3 is 0 Å². The number of aromatic nitrogens is 4. The first-order valence-electron chi connectivity index (χ1n) is 7.85. The number of rotatable bonds is 3. The molecule has 0 unspecified atom stereocenters. The summed E-state index contributed by atoms with van der Waals surface area (Å²) in [7, 11) is 0. The zero-order chi connectivity index (χ0) is 16.9. The summed E-state index contributed by atoms with van der Waals surface area (Å²) < 4.78 is 1.77. The highest BCUT2D eigenvalue weighted by atomic mass is 32.2. The van der Waals surface area contributed by atoms with Crippen LogP contribution in [0.2, 0.25) is 0 Å². The third-order valence-corrected chi connectivity index (χ3v) is 4.52. The van der Waals surface area contributed by atoms with Gasteiger partial charge in [-0.05, 0) is 34.0 Å². The number of thioether (sulfide) groups is 1. The molecule has 1 heterocycles. The van der Waals surface area contributed by atoms with Crippen LogP contribution in [0.25, 0.3) is 16.5 Å². The molecule has 0 saturated heterocycles. The normalized spacial score (nSPS) is 10.4. The van der Waals surface area contributed by atoms with E-state index in [0.29, 0.717) is 5.75 Å². The molecule has 0 fully saturated rings. The van der Waals surface area contributed by atoms with Gasteiger partial charge in [0.05, 0.1) is 11.4 Å². The molecule has 0 N–H and O–H groups in total. The van der Waals surface area contributed by atoms with Crippen LogP contribution in [0, 0.1) is 11.8 Å². The first kappa shape index (κ1) is 15.4. The molecule has 0 aliphatic rings. The maximum atomic E-state index is 4.16. The molecule has 0 aliphatic heterocycles. The van der Waals surface area contributed by atoms with Gasteiger partial charge in [-0.25, -0.2) is 0 Å². The van der Waals surface area contributed by atoms with Crippen molar-refractivity contribution >= 4 is 22.5 Å². The van der Waals surface area contributed by atoms with E-state index < -0.39 is 0 Å². The van der Waals surface area contributed by atoms with Gasteiger partial charge in [0.2, 0.25) is 5.16 Å². The topological polar surface area (TPSA) is 43.6 Å². The van der Waals surface area contributed by atoms with E-state index in [1.54, 1.807) is 4.68 Å². The lowest BCUT2D eigenvalue weighted by Crippen LogP contribution is -2.00. The van der Waals surface area contributed by atoms with E-state index in [4.69, 9.17) is 0 Å². The number of tetrazole rings is 1. The second kappa shape index (κ2) is 7.20. The Balaban J connectivity index is 1.58. The monoisotopic (exact) mass is 342 g/mol. The maximum absolute atomic E-state index is 4.16. The van der Waals surface area contributed by atoms with Crippen LogP contribution in [-0.2, 0) is 0 Å². The first-order chi connectivity index (χ1) is 12.4. The van der Waals surface area contributed by atoms with E-state index in [9.17, 15) is 0 Å². The molecule has 4 nitrogen and oxygen atoms in total. The minimum atomic E-state index is 0.625. The minimum absolute atomic E-state index is 0.625. The predicted octanol–water partition coefficient (Wildman–Crippen LogP) is 3.96. The third-order valence-electron chi connectivity index (χ3n) is 3.72. The molecule has 1 aromatic heterocycles. The smallest absolute Gasteiger partial charge is 0.187 e. The molecule has 0 aliphatic carbocycles. The van der Waals surface area contributed by atoms with Gasteiger partial charge in [0.15, 0.2) is 0 Å². The zero-order valence-corrected chi connectivity index (χ0v) is 14.1. The van der Waals surface area contributed by atoms with Gasteiger partial charge in [-0.2, -0.15) is 4.68 Å². The van der Waals surface area contributed by atoms with Crippen molar-refractivity contribution in [2.45, 2.75) is 5.16 Å². The van der Waals surface area contributed by atoms with Crippen LogP contribution >= 0.6 is 11.8 Å². The van der Waals surface area contributed by atoms with Gasteiger partial charge in [-0.3, -0.25) is 0 Å². The van der Waals surface area contributed by atoms with Gasteiger partial charge in [0.1, 0.15) is 0 Å². The Morgan fingerprint density at radius 1 is 0.880 bits per heavy atom. The van der Waals surface area contributed by atoms with Crippen LogP contribution < -0.4 is 0 Å². The molecule has 4 rings (SSSR count).